The molecule has 1 heterocycles. The van der Waals surface area contributed by atoms with E-state index >= 15 is 0 Å². The van der Waals surface area contributed by atoms with Crippen LogP contribution in [0.25, 0.3) is 5.69 Å². The molecule has 5 nitrogen and oxygen atoms in total. The first-order valence-corrected chi connectivity index (χ1v) is 10.2. The molecule has 2 aromatic carbocycles. The van der Waals surface area contributed by atoms with Gasteiger partial charge in [-0.1, -0.05) is 23.2 Å². The highest BCUT2D eigenvalue weighted by Crippen LogP contribution is 2.29. The number of benzene rings is 2. The van der Waals surface area contributed by atoms with Crippen molar-refractivity contribution < 1.29 is 12.6 Å². The van der Waals surface area contributed by atoms with Crippen molar-refractivity contribution in [2.45, 2.75) is 11.8 Å². The van der Waals surface area contributed by atoms with Crippen LogP contribution >= 0.6 is 45.8 Å². The molecule has 0 saturated carbocycles. The summed E-state index contributed by atoms with van der Waals surface area (Å²) in [5, 5.41) is 5.05. The van der Waals surface area contributed by atoms with Gasteiger partial charge in [0.2, 0.25) is 5.88 Å². The minimum Gasteiger partial charge on any atom is -0.358 e. The lowest BCUT2D eigenvalue weighted by Crippen LogP contribution is -2.12. The molecule has 0 atom stereocenters. The fourth-order valence-corrected chi connectivity index (χ4v) is 3.88. The summed E-state index contributed by atoms with van der Waals surface area (Å²) in [5.41, 5.74) is 1.05. The van der Waals surface area contributed by atoms with Crippen LogP contribution in [-0.2, 0) is 10.1 Å². The molecule has 3 rings (SSSR count). The van der Waals surface area contributed by atoms with Crippen molar-refractivity contribution >= 4 is 55.9 Å². The third-order valence-corrected chi connectivity index (χ3v) is 5.73. The van der Waals surface area contributed by atoms with Crippen molar-refractivity contribution in [1.29, 1.82) is 0 Å². The summed E-state index contributed by atoms with van der Waals surface area (Å²) in [6.45, 7) is 1.73. The molecule has 0 saturated heterocycles. The molecule has 3 aromatic rings. The van der Waals surface area contributed by atoms with Gasteiger partial charge in [0.05, 0.1) is 16.4 Å². The summed E-state index contributed by atoms with van der Waals surface area (Å²) >= 11 is 14.2. The Morgan fingerprint density at radius 1 is 1.08 bits per heavy atom. The Hall–Kier alpha value is -1.29. The van der Waals surface area contributed by atoms with Gasteiger partial charge in [0.1, 0.15) is 4.90 Å². The maximum Gasteiger partial charge on any atom is 0.340 e. The van der Waals surface area contributed by atoms with E-state index in [0.717, 1.165) is 3.57 Å². The molecule has 0 aliphatic heterocycles. The van der Waals surface area contributed by atoms with Crippen molar-refractivity contribution in [3.63, 3.8) is 0 Å². The molecule has 0 unspecified atom stereocenters. The predicted molar refractivity (Wildman–Crippen MR) is 105 cm³/mol. The average molecular weight is 509 g/mol. The highest BCUT2D eigenvalue weighted by molar-refractivity contribution is 14.1. The van der Waals surface area contributed by atoms with E-state index in [-0.39, 0.29) is 10.8 Å². The second-order valence-electron chi connectivity index (χ2n) is 5.12. The van der Waals surface area contributed by atoms with Gasteiger partial charge in [-0.3, -0.25) is 0 Å². The number of rotatable bonds is 4. The second kappa shape index (κ2) is 7.14. The molecule has 9 heteroatoms. The van der Waals surface area contributed by atoms with E-state index in [1.807, 2.05) is 0 Å². The first kappa shape index (κ1) is 18.5. The normalized spacial score (nSPS) is 11.5. The zero-order chi connectivity index (χ0) is 18.2. The summed E-state index contributed by atoms with van der Waals surface area (Å²) in [6.07, 6.45) is 0. The van der Waals surface area contributed by atoms with Gasteiger partial charge in [0.15, 0.2) is 0 Å². The summed E-state index contributed by atoms with van der Waals surface area (Å²) in [4.78, 5) is 0.0560. The monoisotopic (exact) mass is 508 g/mol. The van der Waals surface area contributed by atoms with Crippen LogP contribution in [0.4, 0.5) is 0 Å². The topological polar surface area (TPSA) is 61.2 Å². The number of hydrogen-bond donors (Lipinski definition) is 0. The maximum atomic E-state index is 12.5. The van der Waals surface area contributed by atoms with Gasteiger partial charge in [0, 0.05) is 14.7 Å². The Morgan fingerprint density at radius 2 is 1.76 bits per heavy atom. The largest absolute Gasteiger partial charge is 0.358 e. The SMILES string of the molecule is Cc1cc(OS(=O)(=O)c2ccc(I)cc2)n(-c2ccc(Cl)cc2Cl)n1. The van der Waals surface area contributed by atoms with Crippen LogP contribution in [-0.4, -0.2) is 18.2 Å². The van der Waals surface area contributed by atoms with Gasteiger partial charge >= 0.3 is 10.1 Å². The minimum absolute atomic E-state index is 0.0419. The van der Waals surface area contributed by atoms with Gasteiger partial charge in [-0.05, 0) is 72.0 Å². The van der Waals surface area contributed by atoms with Crippen LogP contribution in [0.2, 0.25) is 10.0 Å². The van der Waals surface area contributed by atoms with E-state index in [1.165, 1.54) is 22.9 Å². The molecule has 25 heavy (non-hydrogen) atoms. The fraction of sp³-hybridized carbons (Fsp3) is 0.0625. The van der Waals surface area contributed by atoms with Crippen molar-refractivity contribution in [1.82, 2.24) is 9.78 Å². The molecular formula is C16H11Cl2IN2O3S. The predicted octanol–water partition coefficient (Wildman–Crippen LogP) is 4.86. The molecule has 130 valence electrons. The average Bonchev–Trinajstić information content (AvgIpc) is 2.87. The van der Waals surface area contributed by atoms with Gasteiger partial charge in [-0.25, -0.2) is 0 Å². The minimum atomic E-state index is -4.00. The highest BCUT2D eigenvalue weighted by atomic mass is 127. The summed E-state index contributed by atoms with van der Waals surface area (Å²) in [5.74, 6) is 0.0419. The van der Waals surface area contributed by atoms with Crippen LogP contribution in [0.3, 0.4) is 0 Å². The molecule has 0 amide bonds. The molecule has 0 fully saturated rings. The van der Waals surface area contributed by atoms with E-state index in [4.69, 9.17) is 27.4 Å². The van der Waals surface area contributed by atoms with E-state index < -0.39 is 10.1 Å². The summed E-state index contributed by atoms with van der Waals surface area (Å²) in [6, 6.07) is 12.7. The van der Waals surface area contributed by atoms with Crippen LogP contribution in [0.1, 0.15) is 5.69 Å². The third-order valence-electron chi connectivity index (χ3n) is 3.23. The lowest BCUT2D eigenvalue weighted by Gasteiger charge is -2.11. The highest BCUT2D eigenvalue weighted by Gasteiger charge is 2.21. The summed E-state index contributed by atoms with van der Waals surface area (Å²) < 4.78 is 32.6. The lowest BCUT2D eigenvalue weighted by atomic mass is 10.3. The Bertz CT molecular complexity index is 1030. The number of aryl methyl sites for hydroxylation is 1. The van der Waals surface area contributed by atoms with Crippen molar-refractivity contribution in [3.05, 3.63) is 67.8 Å². The standard InChI is InChI=1S/C16H11Cl2IN2O3S/c1-10-8-16(21(20-10)15-7-2-11(17)9-14(15)18)24-25(22,23)13-5-3-12(19)4-6-13/h2-9H,1H3. The smallest absolute Gasteiger partial charge is 0.340 e. The molecular weight excluding hydrogens is 498 g/mol. The molecule has 0 bridgehead atoms. The zero-order valence-corrected chi connectivity index (χ0v) is 17.3. The first-order valence-electron chi connectivity index (χ1n) is 6.98. The maximum absolute atomic E-state index is 12.5. The van der Waals surface area contributed by atoms with Gasteiger partial charge < -0.3 is 4.18 Å². The second-order valence-corrected chi connectivity index (χ2v) is 8.76. The van der Waals surface area contributed by atoms with E-state index in [1.54, 1.807) is 37.3 Å². The zero-order valence-electron chi connectivity index (χ0n) is 12.8. The Kier molecular flexibility index (Phi) is 5.29. The van der Waals surface area contributed by atoms with Crippen molar-refractivity contribution in [2.75, 3.05) is 0 Å². The third kappa shape index (κ3) is 4.11. The van der Waals surface area contributed by atoms with E-state index in [2.05, 4.69) is 27.7 Å². The first-order chi connectivity index (χ1) is 11.8. The molecule has 0 spiro atoms. The summed E-state index contributed by atoms with van der Waals surface area (Å²) in [7, 11) is -4.00. The molecule has 0 aliphatic rings. The molecule has 0 N–H and O–H groups in total. The lowest BCUT2D eigenvalue weighted by molar-refractivity contribution is 0.465. The fourth-order valence-electron chi connectivity index (χ4n) is 2.12. The van der Waals surface area contributed by atoms with Gasteiger partial charge in [-0.2, -0.15) is 18.2 Å². The van der Waals surface area contributed by atoms with Gasteiger partial charge in [0.25, 0.3) is 0 Å². The number of hydrogen-bond acceptors (Lipinski definition) is 4. The molecule has 0 aliphatic carbocycles. The molecule has 0 radical (unpaired) electrons. The van der Waals surface area contributed by atoms with Crippen molar-refractivity contribution in [2.24, 2.45) is 0 Å². The number of nitrogens with zero attached hydrogens (tertiary/aromatic N) is 2. The Morgan fingerprint density at radius 3 is 2.40 bits per heavy atom. The number of aromatic nitrogens is 2. The van der Waals surface area contributed by atoms with Crippen LogP contribution in [0.15, 0.2) is 53.4 Å². The van der Waals surface area contributed by atoms with Gasteiger partial charge in [-0.15, -0.1) is 0 Å². The van der Waals surface area contributed by atoms with Crippen LogP contribution < -0.4 is 4.18 Å². The quantitative estimate of drug-likeness (QED) is 0.373. The van der Waals surface area contributed by atoms with Crippen LogP contribution in [0.5, 0.6) is 5.88 Å². The van der Waals surface area contributed by atoms with Crippen molar-refractivity contribution in [3.8, 4) is 11.6 Å². The Balaban J connectivity index is 2.03. The van der Waals surface area contributed by atoms with Crippen LogP contribution in [0, 0.1) is 10.5 Å². The van der Waals surface area contributed by atoms with E-state index in [0.29, 0.717) is 21.4 Å². The molecule has 1 aromatic heterocycles. The number of halogens is 3. The Labute approximate surface area is 168 Å². The van der Waals surface area contributed by atoms with E-state index in [9.17, 15) is 8.42 Å².